The molecule has 20 heavy (non-hydrogen) atoms. The summed E-state index contributed by atoms with van der Waals surface area (Å²) in [7, 11) is 0. The molecule has 0 radical (unpaired) electrons. The van der Waals surface area contributed by atoms with Gasteiger partial charge in [0.2, 0.25) is 0 Å². The van der Waals surface area contributed by atoms with Gasteiger partial charge in [-0.05, 0) is 37.5 Å². The molecule has 0 unspecified atom stereocenters. The normalized spacial score (nSPS) is 13.4. The third-order valence-corrected chi connectivity index (χ3v) is 3.49. The van der Waals surface area contributed by atoms with Crippen LogP contribution in [-0.4, -0.2) is 5.97 Å². The third kappa shape index (κ3) is 3.84. The Morgan fingerprint density at radius 2 is 1.50 bits per heavy atom. The van der Waals surface area contributed by atoms with E-state index in [-0.39, 0.29) is 23.4 Å². The van der Waals surface area contributed by atoms with E-state index in [1.165, 1.54) is 16.7 Å². The molecule has 0 aromatic heterocycles. The molecule has 0 bridgehead atoms. The topological polar surface area (TPSA) is 26.3 Å². The maximum atomic E-state index is 12.0. The lowest BCUT2D eigenvalue weighted by Crippen LogP contribution is -2.27. The number of hydrogen-bond acceptors (Lipinski definition) is 2. The van der Waals surface area contributed by atoms with Gasteiger partial charge in [0.25, 0.3) is 0 Å². The Kier molecular flexibility index (Phi) is 5.01. The van der Waals surface area contributed by atoms with Crippen LogP contribution < -0.4 is 0 Å². The first kappa shape index (κ1) is 16.7. The Labute approximate surface area is 123 Å². The molecule has 1 aromatic rings. The summed E-state index contributed by atoms with van der Waals surface area (Å²) in [5.74, 6) is -0.241. The Balaban J connectivity index is 3.29. The van der Waals surface area contributed by atoms with Crippen molar-refractivity contribution < 1.29 is 9.53 Å². The quantitative estimate of drug-likeness (QED) is 0.734. The summed E-state index contributed by atoms with van der Waals surface area (Å²) in [4.78, 5) is 12.0. The predicted octanol–water partition coefficient (Wildman–Crippen LogP) is 4.90. The van der Waals surface area contributed by atoms with Crippen LogP contribution in [0.15, 0.2) is 12.1 Å². The SMILES string of the molecule is Cc1cc(C)c([C@H](OC(=O)C(C)C)C(C)(C)C)c(C)c1. The first-order chi connectivity index (χ1) is 9.04. The zero-order valence-electron chi connectivity index (χ0n) is 14.1. The second kappa shape index (κ2) is 5.99. The fourth-order valence-electron chi connectivity index (χ4n) is 2.53. The van der Waals surface area contributed by atoms with E-state index < -0.39 is 0 Å². The molecule has 0 fully saturated rings. The average molecular weight is 276 g/mol. The first-order valence-corrected chi connectivity index (χ1v) is 7.32. The number of aryl methyl sites for hydroxylation is 3. The fraction of sp³-hybridized carbons (Fsp3) is 0.611. The van der Waals surface area contributed by atoms with Crippen LogP contribution in [-0.2, 0) is 9.53 Å². The highest BCUT2D eigenvalue weighted by molar-refractivity contribution is 5.72. The van der Waals surface area contributed by atoms with Gasteiger partial charge in [-0.1, -0.05) is 52.3 Å². The smallest absolute Gasteiger partial charge is 0.308 e. The second-order valence-electron chi connectivity index (χ2n) is 7.15. The second-order valence-corrected chi connectivity index (χ2v) is 7.15. The largest absolute Gasteiger partial charge is 0.457 e. The summed E-state index contributed by atoms with van der Waals surface area (Å²) >= 11 is 0. The van der Waals surface area contributed by atoms with E-state index in [0.29, 0.717) is 0 Å². The number of ether oxygens (including phenoxy) is 1. The van der Waals surface area contributed by atoms with Gasteiger partial charge in [-0.15, -0.1) is 0 Å². The lowest BCUT2D eigenvalue weighted by atomic mass is 9.80. The van der Waals surface area contributed by atoms with Crippen molar-refractivity contribution in [1.29, 1.82) is 0 Å². The van der Waals surface area contributed by atoms with E-state index in [1.807, 2.05) is 13.8 Å². The van der Waals surface area contributed by atoms with E-state index in [9.17, 15) is 4.79 Å². The van der Waals surface area contributed by atoms with Gasteiger partial charge in [-0.25, -0.2) is 0 Å². The molecule has 0 N–H and O–H groups in total. The Morgan fingerprint density at radius 3 is 1.85 bits per heavy atom. The third-order valence-electron chi connectivity index (χ3n) is 3.49. The lowest BCUT2D eigenvalue weighted by Gasteiger charge is -2.33. The highest BCUT2D eigenvalue weighted by Gasteiger charge is 2.32. The van der Waals surface area contributed by atoms with Crippen molar-refractivity contribution in [2.45, 2.75) is 61.5 Å². The molecule has 0 amide bonds. The number of carbonyl (C=O) groups is 1. The van der Waals surface area contributed by atoms with Crippen LogP contribution in [0.25, 0.3) is 0 Å². The Bertz CT molecular complexity index is 470. The van der Waals surface area contributed by atoms with Crippen molar-refractivity contribution >= 4 is 5.97 Å². The average Bonchev–Trinajstić information content (AvgIpc) is 2.24. The minimum atomic E-state index is -0.210. The summed E-state index contributed by atoms with van der Waals surface area (Å²) < 4.78 is 5.83. The molecule has 112 valence electrons. The Hall–Kier alpha value is -1.31. The van der Waals surface area contributed by atoms with Gasteiger partial charge < -0.3 is 4.74 Å². The molecule has 0 saturated carbocycles. The van der Waals surface area contributed by atoms with Gasteiger partial charge >= 0.3 is 5.97 Å². The van der Waals surface area contributed by atoms with E-state index in [4.69, 9.17) is 4.74 Å². The summed E-state index contributed by atoms with van der Waals surface area (Å²) in [5.41, 5.74) is 4.65. The number of hydrogen-bond donors (Lipinski definition) is 0. The van der Waals surface area contributed by atoms with Gasteiger partial charge in [-0.3, -0.25) is 4.79 Å². The van der Waals surface area contributed by atoms with Gasteiger partial charge in [0.1, 0.15) is 6.10 Å². The standard InChI is InChI=1S/C18H28O2/c1-11(2)17(19)20-16(18(6,7)8)15-13(4)9-12(3)10-14(15)5/h9-11,16H,1-8H3/t16-/m0/s1. The zero-order valence-corrected chi connectivity index (χ0v) is 14.1. The number of carbonyl (C=O) groups excluding carboxylic acids is 1. The summed E-state index contributed by atoms with van der Waals surface area (Å²) in [6, 6.07) is 4.31. The highest BCUT2D eigenvalue weighted by atomic mass is 16.5. The summed E-state index contributed by atoms with van der Waals surface area (Å²) in [6.45, 7) is 16.4. The monoisotopic (exact) mass is 276 g/mol. The molecule has 0 spiro atoms. The zero-order chi connectivity index (χ0) is 15.7. The van der Waals surface area contributed by atoms with E-state index in [0.717, 1.165) is 5.56 Å². The van der Waals surface area contributed by atoms with Crippen LogP contribution in [0.2, 0.25) is 0 Å². The molecular formula is C18H28O2. The predicted molar refractivity (Wildman–Crippen MR) is 83.8 cm³/mol. The minimum Gasteiger partial charge on any atom is -0.457 e. The fourth-order valence-corrected chi connectivity index (χ4v) is 2.53. The number of rotatable bonds is 3. The maximum absolute atomic E-state index is 12.0. The lowest BCUT2D eigenvalue weighted by molar-refractivity contribution is -0.159. The van der Waals surface area contributed by atoms with Crippen molar-refractivity contribution in [3.63, 3.8) is 0 Å². The van der Waals surface area contributed by atoms with Gasteiger partial charge in [-0.2, -0.15) is 0 Å². The van der Waals surface area contributed by atoms with Crippen LogP contribution in [0, 0.1) is 32.1 Å². The van der Waals surface area contributed by atoms with Gasteiger partial charge in [0, 0.05) is 5.41 Å². The maximum Gasteiger partial charge on any atom is 0.308 e. The van der Waals surface area contributed by atoms with Crippen molar-refractivity contribution in [3.05, 3.63) is 34.4 Å². The van der Waals surface area contributed by atoms with Gasteiger partial charge in [0.05, 0.1) is 5.92 Å². The first-order valence-electron chi connectivity index (χ1n) is 7.32. The molecular weight excluding hydrogens is 248 g/mol. The molecule has 0 aliphatic carbocycles. The van der Waals surface area contributed by atoms with Crippen molar-refractivity contribution in [2.75, 3.05) is 0 Å². The van der Waals surface area contributed by atoms with Gasteiger partial charge in [0.15, 0.2) is 0 Å². The Morgan fingerprint density at radius 1 is 1.05 bits per heavy atom. The molecule has 2 heteroatoms. The minimum absolute atomic E-state index is 0.106. The van der Waals surface area contributed by atoms with Crippen LogP contribution in [0.3, 0.4) is 0 Å². The van der Waals surface area contributed by atoms with E-state index in [2.05, 4.69) is 53.7 Å². The molecule has 1 atom stereocenters. The van der Waals surface area contributed by atoms with Crippen molar-refractivity contribution in [1.82, 2.24) is 0 Å². The summed E-state index contributed by atoms with van der Waals surface area (Å²) in [6.07, 6.45) is -0.210. The van der Waals surface area contributed by atoms with Crippen molar-refractivity contribution in [3.8, 4) is 0 Å². The molecule has 0 saturated heterocycles. The molecule has 0 heterocycles. The molecule has 1 rings (SSSR count). The molecule has 0 aliphatic rings. The molecule has 1 aromatic carbocycles. The van der Waals surface area contributed by atoms with Crippen LogP contribution >= 0.6 is 0 Å². The van der Waals surface area contributed by atoms with Crippen LogP contribution in [0.5, 0.6) is 0 Å². The van der Waals surface area contributed by atoms with E-state index >= 15 is 0 Å². The van der Waals surface area contributed by atoms with E-state index in [1.54, 1.807) is 0 Å². The summed E-state index contributed by atoms with van der Waals surface area (Å²) in [5, 5.41) is 0. The van der Waals surface area contributed by atoms with Crippen LogP contribution in [0.1, 0.15) is 63.0 Å². The molecule has 0 aliphatic heterocycles. The van der Waals surface area contributed by atoms with Crippen LogP contribution in [0.4, 0.5) is 0 Å². The number of esters is 1. The molecule has 2 nitrogen and oxygen atoms in total. The van der Waals surface area contributed by atoms with Crippen molar-refractivity contribution in [2.24, 2.45) is 11.3 Å². The highest BCUT2D eigenvalue weighted by Crippen LogP contribution is 2.40. The number of benzene rings is 1.